The van der Waals surface area contributed by atoms with E-state index in [9.17, 15) is 9.59 Å². The standard InChI is InChI=1S/C15H12ClN3O3S/c1-22-13(20)6-17-14(21)12-8-23-15-18-11(7-19(12)15)9-2-4-10(16)5-3-9/h2-5,7-8H,6H2,1H3,(H,17,21). The zero-order chi connectivity index (χ0) is 16.4. The number of thiazole rings is 1. The first kappa shape index (κ1) is 15.5. The summed E-state index contributed by atoms with van der Waals surface area (Å²) in [6, 6.07) is 7.31. The van der Waals surface area contributed by atoms with Crippen LogP contribution in [0.15, 0.2) is 35.8 Å². The zero-order valence-corrected chi connectivity index (χ0v) is 13.6. The van der Waals surface area contributed by atoms with E-state index in [2.05, 4.69) is 15.0 Å². The minimum Gasteiger partial charge on any atom is -0.468 e. The molecule has 8 heteroatoms. The highest BCUT2D eigenvalue weighted by Gasteiger charge is 2.16. The Balaban J connectivity index is 1.87. The zero-order valence-electron chi connectivity index (χ0n) is 12.1. The molecule has 0 spiro atoms. The van der Waals surface area contributed by atoms with Gasteiger partial charge in [-0.15, -0.1) is 11.3 Å². The topological polar surface area (TPSA) is 72.7 Å². The third-order valence-electron chi connectivity index (χ3n) is 3.20. The summed E-state index contributed by atoms with van der Waals surface area (Å²) in [5.74, 6) is -0.862. The van der Waals surface area contributed by atoms with Crippen molar-refractivity contribution >= 4 is 39.8 Å². The maximum absolute atomic E-state index is 12.2. The van der Waals surface area contributed by atoms with E-state index in [0.717, 1.165) is 11.3 Å². The van der Waals surface area contributed by atoms with E-state index in [4.69, 9.17) is 11.6 Å². The molecule has 2 aromatic heterocycles. The van der Waals surface area contributed by atoms with E-state index in [1.54, 1.807) is 28.1 Å². The Morgan fingerprint density at radius 1 is 1.35 bits per heavy atom. The molecule has 0 aliphatic carbocycles. The molecule has 0 aliphatic rings. The molecule has 0 unspecified atom stereocenters. The fraction of sp³-hybridized carbons (Fsp3) is 0.133. The summed E-state index contributed by atoms with van der Waals surface area (Å²) in [4.78, 5) is 28.4. The highest BCUT2D eigenvalue weighted by atomic mass is 35.5. The molecule has 0 bridgehead atoms. The molecule has 0 radical (unpaired) electrons. The minimum absolute atomic E-state index is 0.175. The van der Waals surface area contributed by atoms with Gasteiger partial charge in [-0.05, 0) is 12.1 Å². The van der Waals surface area contributed by atoms with Gasteiger partial charge < -0.3 is 10.1 Å². The van der Waals surface area contributed by atoms with Crippen LogP contribution in [0.3, 0.4) is 0 Å². The van der Waals surface area contributed by atoms with Gasteiger partial charge in [0.2, 0.25) is 0 Å². The van der Waals surface area contributed by atoms with E-state index in [0.29, 0.717) is 15.7 Å². The number of methoxy groups -OCH3 is 1. The van der Waals surface area contributed by atoms with Crippen molar-refractivity contribution in [3.05, 3.63) is 46.6 Å². The number of benzene rings is 1. The van der Waals surface area contributed by atoms with E-state index < -0.39 is 5.97 Å². The normalized spacial score (nSPS) is 10.7. The van der Waals surface area contributed by atoms with Gasteiger partial charge in [0.25, 0.3) is 5.91 Å². The summed E-state index contributed by atoms with van der Waals surface area (Å²) in [7, 11) is 1.27. The average Bonchev–Trinajstić information content (AvgIpc) is 3.13. The number of hydrogen-bond acceptors (Lipinski definition) is 5. The summed E-state index contributed by atoms with van der Waals surface area (Å²) in [6.07, 6.45) is 1.78. The van der Waals surface area contributed by atoms with Crippen molar-refractivity contribution in [2.45, 2.75) is 0 Å². The van der Waals surface area contributed by atoms with Crippen molar-refractivity contribution in [1.82, 2.24) is 14.7 Å². The molecule has 118 valence electrons. The van der Waals surface area contributed by atoms with Crippen LogP contribution in [-0.2, 0) is 9.53 Å². The van der Waals surface area contributed by atoms with Gasteiger partial charge >= 0.3 is 5.97 Å². The summed E-state index contributed by atoms with van der Waals surface area (Å²) < 4.78 is 6.19. The summed E-state index contributed by atoms with van der Waals surface area (Å²) in [5, 5.41) is 4.86. The van der Waals surface area contributed by atoms with Crippen LogP contribution in [0.2, 0.25) is 5.02 Å². The average molecular weight is 350 g/mol. The first-order chi connectivity index (χ1) is 11.1. The van der Waals surface area contributed by atoms with Crippen LogP contribution < -0.4 is 5.32 Å². The van der Waals surface area contributed by atoms with E-state index in [1.807, 2.05) is 12.1 Å². The second kappa shape index (κ2) is 6.39. The largest absolute Gasteiger partial charge is 0.468 e. The third kappa shape index (κ3) is 3.20. The van der Waals surface area contributed by atoms with Crippen molar-refractivity contribution in [3.63, 3.8) is 0 Å². The second-order valence-corrected chi connectivity index (χ2v) is 5.94. The monoisotopic (exact) mass is 349 g/mol. The lowest BCUT2D eigenvalue weighted by atomic mass is 10.2. The number of imidazole rings is 1. The van der Waals surface area contributed by atoms with Gasteiger partial charge in [-0.1, -0.05) is 23.7 Å². The van der Waals surface area contributed by atoms with Gasteiger partial charge in [0.15, 0.2) is 4.96 Å². The molecule has 3 aromatic rings. The van der Waals surface area contributed by atoms with E-state index in [1.165, 1.54) is 18.4 Å². The van der Waals surface area contributed by atoms with Crippen LogP contribution >= 0.6 is 22.9 Å². The van der Waals surface area contributed by atoms with Gasteiger partial charge in [0.05, 0.1) is 12.8 Å². The number of ether oxygens (including phenoxy) is 1. The molecule has 0 saturated heterocycles. The SMILES string of the molecule is COC(=O)CNC(=O)c1csc2nc(-c3ccc(Cl)cc3)cn12. The molecule has 1 amide bonds. The minimum atomic E-state index is -0.502. The van der Waals surface area contributed by atoms with Gasteiger partial charge in [-0.25, -0.2) is 4.98 Å². The van der Waals surface area contributed by atoms with Crippen LogP contribution in [0.4, 0.5) is 0 Å². The lowest BCUT2D eigenvalue weighted by Crippen LogP contribution is -2.30. The summed E-state index contributed by atoms with van der Waals surface area (Å²) in [5.41, 5.74) is 2.07. The van der Waals surface area contributed by atoms with Gasteiger partial charge in [0, 0.05) is 22.2 Å². The Morgan fingerprint density at radius 3 is 2.78 bits per heavy atom. The van der Waals surface area contributed by atoms with Crippen molar-refractivity contribution in [1.29, 1.82) is 0 Å². The smallest absolute Gasteiger partial charge is 0.325 e. The fourth-order valence-electron chi connectivity index (χ4n) is 2.02. The van der Waals surface area contributed by atoms with Crippen molar-refractivity contribution in [3.8, 4) is 11.3 Å². The number of halogens is 1. The maximum Gasteiger partial charge on any atom is 0.325 e. The molecule has 6 nitrogen and oxygen atoms in total. The molecule has 2 heterocycles. The lowest BCUT2D eigenvalue weighted by molar-refractivity contribution is -0.139. The molecule has 23 heavy (non-hydrogen) atoms. The summed E-state index contributed by atoms with van der Waals surface area (Å²) >= 11 is 7.23. The number of fused-ring (bicyclic) bond motifs is 1. The number of rotatable bonds is 4. The lowest BCUT2D eigenvalue weighted by Gasteiger charge is -2.02. The number of carbonyl (C=O) groups excluding carboxylic acids is 2. The number of esters is 1. The molecular weight excluding hydrogens is 338 g/mol. The molecular formula is C15H12ClN3O3S. The number of hydrogen-bond donors (Lipinski definition) is 1. The Morgan fingerprint density at radius 2 is 2.09 bits per heavy atom. The number of carbonyl (C=O) groups is 2. The highest BCUT2D eigenvalue weighted by molar-refractivity contribution is 7.15. The van der Waals surface area contributed by atoms with Crippen molar-refractivity contribution in [2.24, 2.45) is 0 Å². The fourth-order valence-corrected chi connectivity index (χ4v) is 3.00. The van der Waals surface area contributed by atoms with Crippen molar-refractivity contribution < 1.29 is 14.3 Å². The molecule has 1 N–H and O–H groups in total. The first-order valence-corrected chi connectivity index (χ1v) is 7.92. The molecule has 3 rings (SSSR count). The van der Waals surface area contributed by atoms with Crippen LogP contribution in [0, 0.1) is 0 Å². The Kier molecular flexibility index (Phi) is 4.31. The Labute approximate surface area is 140 Å². The predicted molar refractivity (Wildman–Crippen MR) is 87.9 cm³/mol. The second-order valence-electron chi connectivity index (χ2n) is 4.67. The maximum atomic E-state index is 12.2. The first-order valence-electron chi connectivity index (χ1n) is 6.66. The van der Waals surface area contributed by atoms with Crippen LogP contribution in [0.5, 0.6) is 0 Å². The molecule has 0 saturated carbocycles. The molecule has 1 aromatic carbocycles. The van der Waals surface area contributed by atoms with Crippen molar-refractivity contribution in [2.75, 3.05) is 13.7 Å². The Hall–Kier alpha value is -2.38. The molecule has 0 atom stereocenters. The van der Waals surface area contributed by atoms with Crippen LogP contribution in [-0.4, -0.2) is 34.9 Å². The van der Waals surface area contributed by atoms with Gasteiger partial charge in [-0.2, -0.15) is 0 Å². The predicted octanol–water partition coefficient (Wildman–Crippen LogP) is 2.62. The van der Waals surface area contributed by atoms with Gasteiger partial charge in [-0.3, -0.25) is 14.0 Å². The Bertz CT molecular complexity index is 870. The number of aromatic nitrogens is 2. The highest BCUT2D eigenvalue weighted by Crippen LogP contribution is 2.24. The van der Waals surface area contributed by atoms with Crippen LogP contribution in [0.1, 0.15) is 10.5 Å². The summed E-state index contributed by atoms with van der Waals surface area (Å²) in [6.45, 7) is -0.175. The van der Waals surface area contributed by atoms with E-state index in [-0.39, 0.29) is 12.5 Å². The van der Waals surface area contributed by atoms with E-state index >= 15 is 0 Å². The number of amides is 1. The molecule has 0 fully saturated rings. The number of nitrogens with one attached hydrogen (secondary N) is 1. The van der Waals surface area contributed by atoms with Gasteiger partial charge in [0.1, 0.15) is 12.2 Å². The number of nitrogens with zero attached hydrogens (tertiary/aromatic N) is 2. The quantitative estimate of drug-likeness (QED) is 0.735. The van der Waals surface area contributed by atoms with Crippen LogP contribution in [0.25, 0.3) is 16.2 Å². The molecule has 0 aliphatic heterocycles. The third-order valence-corrected chi connectivity index (χ3v) is 4.29.